The van der Waals surface area contributed by atoms with Crippen LogP contribution in [0.2, 0.25) is 0 Å². The molecule has 0 atom stereocenters. The van der Waals surface area contributed by atoms with Gasteiger partial charge in [0.25, 0.3) is 0 Å². The molecule has 122 valence electrons. The highest BCUT2D eigenvalue weighted by Crippen LogP contribution is 2.28. The minimum atomic E-state index is -0.207. The largest absolute Gasteiger partial charge is 0.354 e. The average molecular weight is 322 g/mol. The van der Waals surface area contributed by atoms with Gasteiger partial charge in [-0.15, -0.1) is 0 Å². The number of aromatic nitrogens is 2. The minimum absolute atomic E-state index is 0.207. The molecule has 2 aromatic heterocycles. The molecule has 0 spiro atoms. The van der Waals surface area contributed by atoms with Crippen molar-refractivity contribution in [2.45, 2.75) is 6.92 Å². The molecule has 0 saturated carbocycles. The van der Waals surface area contributed by atoms with Crippen LogP contribution < -0.4 is 10.2 Å². The minimum Gasteiger partial charge on any atom is -0.354 e. The first-order chi connectivity index (χ1) is 11.7. The number of anilines is 1. The van der Waals surface area contributed by atoms with E-state index in [1.54, 1.807) is 19.2 Å². The molecule has 3 aromatic rings. The van der Waals surface area contributed by atoms with Gasteiger partial charge in [-0.3, -0.25) is 0 Å². The number of pyridine rings is 2. The van der Waals surface area contributed by atoms with Gasteiger partial charge < -0.3 is 10.2 Å². The standard InChI is InChI=1S/C19H19FN4/c1-13-18(20)15-4-2-3-5-16(15)23-19(13)14-6-7-17(22-12-14)24-10-8-21-9-11-24/h2-7,12,21H,8-11H2,1H3. The SMILES string of the molecule is Cc1c(-c2ccc(N3CCNCC3)nc2)nc2ccccc2c1F. The van der Waals surface area contributed by atoms with Crippen molar-refractivity contribution in [1.82, 2.24) is 15.3 Å². The maximum Gasteiger partial charge on any atom is 0.137 e. The van der Waals surface area contributed by atoms with Gasteiger partial charge in [0.05, 0.1) is 11.2 Å². The fourth-order valence-corrected chi connectivity index (χ4v) is 3.16. The Labute approximate surface area is 140 Å². The monoisotopic (exact) mass is 322 g/mol. The number of nitrogens with one attached hydrogen (secondary N) is 1. The highest BCUT2D eigenvalue weighted by Gasteiger charge is 2.15. The smallest absolute Gasteiger partial charge is 0.137 e. The first-order valence-corrected chi connectivity index (χ1v) is 8.21. The predicted molar refractivity (Wildman–Crippen MR) is 94.8 cm³/mol. The van der Waals surface area contributed by atoms with Crippen molar-refractivity contribution in [3.8, 4) is 11.3 Å². The number of hydrogen-bond donors (Lipinski definition) is 1. The van der Waals surface area contributed by atoms with E-state index in [1.807, 2.05) is 30.3 Å². The van der Waals surface area contributed by atoms with Crippen molar-refractivity contribution in [2.24, 2.45) is 0 Å². The Bertz CT molecular complexity index is 870. The Morgan fingerprint density at radius 2 is 1.88 bits per heavy atom. The summed E-state index contributed by atoms with van der Waals surface area (Å²) < 4.78 is 14.6. The number of benzene rings is 1. The number of halogens is 1. The molecule has 5 heteroatoms. The van der Waals surface area contributed by atoms with Crippen molar-refractivity contribution < 1.29 is 4.39 Å². The number of rotatable bonds is 2. The zero-order chi connectivity index (χ0) is 16.5. The van der Waals surface area contributed by atoms with Crippen molar-refractivity contribution in [1.29, 1.82) is 0 Å². The lowest BCUT2D eigenvalue weighted by Gasteiger charge is -2.28. The zero-order valence-corrected chi connectivity index (χ0v) is 13.6. The van der Waals surface area contributed by atoms with Gasteiger partial charge in [0, 0.05) is 48.9 Å². The van der Waals surface area contributed by atoms with Crippen LogP contribution in [0.4, 0.5) is 10.2 Å². The fourth-order valence-electron chi connectivity index (χ4n) is 3.16. The summed E-state index contributed by atoms with van der Waals surface area (Å²) in [6, 6.07) is 11.3. The van der Waals surface area contributed by atoms with Gasteiger partial charge in [-0.25, -0.2) is 14.4 Å². The van der Waals surface area contributed by atoms with Gasteiger partial charge in [-0.1, -0.05) is 12.1 Å². The molecule has 1 fully saturated rings. The second kappa shape index (κ2) is 6.17. The highest BCUT2D eigenvalue weighted by atomic mass is 19.1. The molecule has 1 aliphatic rings. The summed E-state index contributed by atoms with van der Waals surface area (Å²) in [5.41, 5.74) is 2.73. The Morgan fingerprint density at radius 1 is 1.08 bits per heavy atom. The Balaban J connectivity index is 1.73. The first kappa shape index (κ1) is 15.0. The number of nitrogens with zero attached hydrogens (tertiary/aromatic N) is 3. The highest BCUT2D eigenvalue weighted by molar-refractivity contribution is 5.84. The van der Waals surface area contributed by atoms with Gasteiger partial charge in [0.1, 0.15) is 11.6 Å². The van der Waals surface area contributed by atoms with Crippen LogP contribution in [0.15, 0.2) is 42.6 Å². The van der Waals surface area contributed by atoms with Crippen LogP contribution in [0.5, 0.6) is 0 Å². The van der Waals surface area contributed by atoms with E-state index >= 15 is 0 Å². The normalized spacial score (nSPS) is 15.0. The van der Waals surface area contributed by atoms with Crippen LogP contribution in [0, 0.1) is 12.7 Å². The van der Waals surface area contributed by atoms with Crippen LogP contribution in [0.3, 0.4) is 0 Å². The Morgan fingerprint density at radius 3 is 2.62 bits per heavy atom. The fraction of sp³-hybridized carbons (Fsp3) is 0.263. The van der Waals surface area contributed by atoms with Crippen LogP contribution in [-0.4, -0.2) is 36.1 Å². The third-order valence-corrected chi connectivity index (χ3v) is 4.52. The number of para-hydroxylation sites is 1. The molecule has 4 nitrogen and oxygen atoms in total. The van der Waals surface area contributed by atoms with E-state index in [0.717, 1.165) is 37.6 Å². The molecule has 0 aliphatic carbocycles. The zero-order valence-electron chi connectivity index (χ0n) is 13.6. The molecule has 1 saturated heterocycles. The van der Waals surface area contributed by atoms with Crippen LogP contribution in [0.1, 0.15) is 5.56 Å². The predicted octanol–water partition coefficient (Wildman–Crippen LogP) is 3.15. The lowest BCUT2D eigenvalue weighted by atomic mass is 10.0. The summed E-state index contributed by atoms with van der Waals surface area (Å²) in [4.78, 5) is 11.5. The van der Waals surface area contributed by atoms with Crippen molar-refractivity contribution >= 4 is 16.7 Å². The van der Waals surface area contributed by atoms with Crippen LogP contribution in [0.25, 0.3) is 22.2 Å². The third-order valence-electron chi connectivity index (χ3n) is 4.52. The van der Waals surface area contributed by atoms with Crippen molar-refractivity contribution in [3.63, 3.8) is 0 Å². The quantitative estimate of drug-likeness (QED) is 0.787. The Hall–Kier alpha value is -2.53. The average Bonchev–Trinajstić information content (AvgIpc) is 2.66. The van der Waals surface area contributed by atoms with E-state index in [9.17, 15) is 4.39 Å². The maximum atomic E-state index is 14.6. The van der Waals surface area contributed by atoms with Crippen LogP contribution in [-0.2, 0) is 0 Å². The molecule has 1 aliphatic heterocycles. The van der Waals surface area contributed by atoms with Gasteiger partial charge in [0.15, 0.2) is 0 Å². The summed E-state index contributed by atoms with van der Waals surface area (Å²) in [5, 5.41) is 3.89. The maximum absolute atomic E-state index is 14.6. The van der Waals surface area contributed by atoms with Gasteiger partial charge in [-0.05, 0) is 31.2 Å². The van der Waals surface area contributed by atoms with E-state index < -0.39 is 0 Å². The summed E-state index contributed by atoms with van der Waals surface area (Å²) in [6.45, 7) is 5.62. The lowest BCUT2D eigenvalue weighted by Crippen LogP contribution is -2.43. The molecule has 0 unspecified atom stereocenters. The van der Waals surface area contributed by atoms with Crippen LogP contribution >= 0.6 is 0 Å². The number of piperazine rings is 1. The second-order valence-corrected chi connectivity index (χ2v) is 6.06. The molecule has 0 radical (unpaired) electrons. The first-order valence-electron chi connectivity index (χ1n) is 8.21. The number of fused-ring (bicyclic) bond motifs is 1. The second-order valence-electron chi connectivity index (χ2n) is 6.06. The topological polar surface area (TPSA) is 41.0 Å². The number of hydrogen-bond acceptors (Lipinski definition) is 4. The molecule has 3 heterocycles. The molecule has 0 amide bonds. The summed E-state index contributed by atoms with van der Waals surface area (Å²) in [5.74, 6) is 0.751. The van der Waals surface area contributed by atoms with E-state index in [0.29, 0.717) is 22.2 Å². The van der Waals surface area contributed by atoms with Gasteiger partial charge in [-0.2, -0.15) is 0 Å². The van der Waals surface area contributed by atoms with Gasteiger partial charge >= 0.3 is 0 Å². The molecule has 24 heavy (non-hydrogen) atoms. The lowest BCUT2D eigenvalue weighted by molar-refractivity contribution is 0.585. The summed E-state index contributed by atoms with van der Waals surface area (Å²) in [7, 11) is 0. The van der Waals surface area contributed by atoms with E-state index in [4.69, 9.17) is 0 Å². The van der Waals surface area contributed by atoms with Crippen molar-refractivity contribution in [3.05, 3.63) is 54.0 Å². The summed E-state index contributed by atoms with van der Waals surface area (Å²) >= 11 is 0. The molecule has 4 rings (SSSR count). The van der Waals surface area contributed by atoms with E-state index in [2.05, 4.69) is 20.2 Å². The Kier molecular flexibility index (Phi) is 3.86. The molecular weight excluding hydrogens is 303 g/mol. The molecule has 1 aromatic carbocycles. The molecular formula is C19H19FN4. The molecule has 1 N–H and O–H groups in total. The summed E-state index contributed by atoms with van der Waals surface area (Å²) in [6.07, 6.45) is 1.79. The molecule has 0 bridgehead atoms. The van der Waals surface area contributed by atoms with Gasteiger partial charge in [0.2, 0.25) is 0 Å². The third kappa shape index (κ3) is 2.61. The van der Waals surface area contributed by atoms with E-state index in [1.165, 1.54) is 0 Å². The van der Waals surface area contributed by atoms with E-state index in [-0.39, 0.29) is 5.82 Å². The van der Waals surface area contributed by atoms with Crippen molar-refractivity contribution in [2.75, 3.05) is 31.1 Å².